The minimum atomic E-state index is 0.471. The van der Waals surface area contributed by atoms with E-state index in [1.165, 1.54) is 33.0 Å². The monoisotopic (exact) mass is 366 g/mol. The van der Waals surface area contributed by atoms with Crippen LogP contribution >= 0.6 is 0 Å². The standard InChI is InChI=1S/C25H20O.C2H6/c1-17-6-4-7-18(14-17)19-8-5-9-20(15-19)21-12-13-25-23(16-21)22-10-2-3-11-24(22)26-25;1-2/h2-6,8-16,18H,7H2,1H3;1-2H3. The molecule has 28 heavy (non-hydrogen) atoms. The van der Waals surface area contributed by atoms with Gasteiger partial charge in [0.1, 0.15) is 11.2 Å². The van der Waals surface area contributed by atoms with Crippen LogP contribution in [0.4, 0.5) is 0 Å². The molecule has 0 bridgehead atoms. The summed E-state index contributed by atoms with van der Waals surface area (Å²) in [6, 6.07) is 23.7. The van der Waals surface area contributed by atoms with Crippen LogP contribution in [-0.2, 0) is 0 Å². The molecule has 0 N–H and O–H groups in total. The maximum absolute atomic E-state index is 5.96. The molecule has 1 aliphatic rings. The molecular weight excluding hydrogens is 340 g/mol. The smallest absolute Gasteiger partial charge is 0.135 e. The Balaban J connectivity index is 0.000000932. The van der Waals surface area contributed by atoms with Gasteiger partial charge < -0.3 is 4.42 Å². The Kier molecular flexibility index (Phi) is 5.16. The van der Waals surface area contributed by atoms with E-state index < -0.39 is 0 Å². The first-order valence-corrected chi connectivity index (χ1v) is 10.1. The number of furan rings is 1. The van der Waals surface area contributed by atoms with Crippen molar-refractivity contribution in [1.29, 1.82) is 0 Å². The Hall–Kier alpha value is -3.06. The summed E-state index contributed by atoms with van der Waals surface area (Å²) in [6.07, 6.45) is 7.92. The van der Waals surface area contributed by atoms with Crippen molar-refractivity contribution in [2.45, 2.75) is 33.1 Å². The molecule has 1 heterocycles. The molecule has 1 aromatic heterocycles. The lowest BCUT2D eigenvalue weighted by atomic mass is 9.88. The SMILES string of the molecule is CC.CC1=CC(c2cccc(-c3ccc4oc5ccccc5c4c3)c2)CC=C1. The minimum Gasteiger partial charge on any atom is -0.456 e. The van der Waals surface area contributed by atoms with Crippen LogP contribution in [0.25, 0.3) is 33.1 Å². The van der Waals surface area contributed by atoms with Gasteiger partial charge in [0.2, 0.25) is 0 Å². The van der Waals surface area contributed by atoms with E-state index in [0.717, 1.165) is 17.6 Å². The molecule has 0 saturated carbocycles. The van der Waals surface area contributed by atoms with Gasteiger partial charge in [-0.3, -0.25) is 0 Å². The van der Waals surface area contributed by atoms with E-state index in [9.17, 15) is 0 Å². The third-order valence-corrected chi connectivity index (χ3v) is 5.26. The number of hydrogen-bond donors (Lipinski definition) is 0. The number of para-hydroxylation sites is 1. The molecule has 0 aliphatic heterocycles. The predicted molar refractivity (Wildman–Crippen MR) is 121 cm³/mol. The van der Waals surface area contributed by atoms with E-state index in [0.29, 0.717) is 5.92 Å². The molecule has 0 fully saturated rings. The third kappa shape index (κ3) is 3.41. The first kappa shape index (κ1) is 18.3. The highest BCUT2D eigenvalue weighted by atomic mass is 16.3. The highest BCUT2D eigenvalue weighted by Gasteiger charge is 2.12. The zero-order valence-electron chi connectivity index (χ0n) is 16.8. The summed E-state index contributed by atoms with van der Waals surface area (Å²) >= 11 is 0. The van der Waals surface area contributed by atoms with Gasteiger partial charge in [-0.1, -0.05) is 86.2 Å². The summed E-state index contributed by atoms with van der Waals surface area (Å²) in [5.74, 6) is 0.471. The molecule has 0 saturated heterocycles. The van der Waals surface area contributed by atoms with E-state index in [-0.39, 0.29) is 0 Å². The summed E-state index contributed by atoms with van der Waals surface area (Å²) < 4.78 is 5.96. The van der Waals surface area contributed by atoms with Crippen LogP contribution in [-0.4, -0.2) is 0 Å². The van der Waals surface area contributed by atoms with Crippen molar-refractivity contribution in [3.8, 4) is 11.1 Å². The summed E-state index contributed by atoms with van der Waals surface area (Å²) in [4.78, 5) is 0. The Morgan fingerprint density at radius 2 is 1.57 bits per heavy atom. The van der Waals surface area contributed by atoms with Crippen molar-refractivity contribution in [1.82, 2.24) is 0 Å². The summed E-state index contributed by atoms with van der Waals surface area (Å²) in [6.45, 7) is 6.17. The molecule has 1 unspecified atom stereocenters. The molecule has 1 heteroatoms. The number of fused-ring (bicyclic) bond motifs is 3. The molecule has 4 aromatic rings. The van der Waals surface area contributed by atoms with Crippen molar-refractivity contribution in [3.05, 3.63) is 96.1 Å². The van der Waals surface area contributed by atoms with Gasteiger partial charge in [-0.05, 0) is 48.2 Å². The summed E-state index contributed by atoms with van der Waals surface area (Å²) in [5.41, 5.74) is 7.11. The Morgan fingerprint density at radius 1 is 0.786 bits per heavy atom. The second kappa shape index (κ2) is 7.90. The molecule has 1 aliphatic carbocycles. The highest BCUT2D eigenvalue weighted by Crippen LogP contribution is 2.34. The van der Waals surface area contributed by atoms with Gasteiger partial charge in [-0.2, -0.15) is 0 Å². The topological polar surface area (TPSA) is 13.1 Å². The summed E-state index contributed by atoms with van der Waals surface area (Å²) in [5, 5.41) is 2.36. The largest absolute Gasteiger partial charge is 0.456 e. The van der Waals surface area contributed by atoms with Gasteiger partial charge in [0.25, 0.3) is 0 Å². The average molecular weight is 367 g/mol. The molecule has 1 nitrogen and oxygen atoms in total. The average Bonchev–Trinajstić information content (AvgIpc) is 3.13. The number of benzene rings is 3. The maximum atomic E-state index is 5.96. The van der Waals surface area contributed by atoms with Crippen LogP contribution in [0.2, 0.25) is 0 Å². The Bertz CT molecular complexity index is 1170. The van der Waals surface area contributed by atoms with Gasteiger partial charge in [-0.25, -0.2) is 0 Å². The zero-order valence-corrected chi connectivity index (χ0v) is 16.8. The number of rotatable bonds is 2. The lowest BCUT2D eigenvalue weighted by molar-refractivity contribution is 0.669. The highest BCUT2D eigenvalue weighted by molar-refractivity contribution is 6.06. The lowest BCUT2D eigenvalue weighted by Crippen LogP contribution is -1.98. The van der Waals surface area contributed by atoms with Gasteiger partial charge in [0.15, 0.2) is 0 Å². The van der Waals surface area contributed by atoms with E-state index in [2.05, 4.69) is 79.7 Å². The fraction of sp³-hybridized carbons (Fsp3) is 0.185. The number of allylic oxidation sites excluding steroid dienone is 4. The first-order chi connectivity index (χ1) is 13.8. The second-order valence-electron chi connectivity index (χ2n) is 7.09. The van der Waals surface area contributed by atoms with Crippen LogP contribution in [0.15, 0.2) is 94.9 Å². The van der Waals surface area contributed by atoms with Gasteiger partial charge >= 0.3 is 0 Å². The van der Waals surface area contributed by atoms with Gasteiger partial charge in [0, 0.05) is 16.7 Å². The van der Waals surface area contributed by atoms with Crippen LogP contribution < -0.4 is 0 Å². The summed E-state index contributed by atoms with van der Waals surface area (Å²) in [7, 11) is 0. The quantitative estimate of drug-likeness (QED) is 0.348. The zero-order chi connectivity index (χ0) is 19.5. The van der Waals surface area contributed by atoms with Crippen molar-refractivity contribution < 1.29 is 4.42 Å². The third-order valence-electron chi connectivity index (χ3n) is 5.26. The van der Waals surface area contributed by atoms with Crippen molar-refractivity contribution >= 4 is 21.9 Å². The van der Waals surface area contributed by atoms with Gasteiger partial charge in [0.05, 0.1) is 0 Å². The van der Waals surface area contributed by atoms with E-state index in [1.54, 1.807) is 0 Å². The van der Waals surface area contributed by atoms with E-state index in [4.69, 9.17) is 4.42 Å². The van der Waals surface area contributed by atoms with Crippen LogP contribution in [0.5, 0.6) is 0 Å². The molecule has 0 spiro atoms. The normalized spacial score (nSPS) is 16.0. The van der Waals surface area contributed by atoms with E-state index in [1.807, 2.05) is 26.0 Å². The van der Waals surface area contributed by atoms with Crippen LogP contribution in [0.1, 0.15) is 38.7 Å². The Morgan fingerprint density at radius 3 is 2.43 bits per heavy atom. The van der Waals surface area contributed by atoms with Crippen LogP contribution in [0, 0.1) is 0 Å². The maximum Gasteiger partial charge on any atom is 0.135 e. The fourth-order valence-electron chi connectivity index (χ4n) is 3.93. The Labute approximate surface area is 167 Å². The molecule has 140 valence electrons. The first-order valence-electron chi connectivity index (χ1n) is 10.1. The molecule has 1 atom stereocenters. The van der Waals surface area contributed by atoms with Crippen LogP contribution in [0.3, 0.4) is 0 Å². The molecule has 5 rings (SSSR count). The van der Waals surface area contributed by atoms with Crippen molar-refractivity contribution in [2.75, 3.05) is 0 Å². The van der Waals surface area contributed by atoms with Crippen molar-refractivity contribution in [2.24, 2.45) is 0 Å². The lowest BCUT2D eigenvalue weighted by Gasteiger charge is -2.16. The minimum absolute atomic E-state index is 0.471. The second-order valence-corrected chi connectivity index (χ2v) is 7.09. The van der Waals surface area contributed by atoms with E-state index >= 15 is 0 Å². The van der Waals surface area contributed by atoms with Crippen molar-refractivity contribution in [3.63, 3.8) is 0 Å². The fourth-order valence-corrected chi connectivity index (χ4v) is 3.93. The molecule has 0 amide bonds. The molecular formula is C27H26O. The molecule has 0 radical (unpaired) electrons. The van der Waals surface area contributed by atoms with Gasteiger partial charge in [-0.15, -0.1) is 0 Å². The number of hydrogen-bond acceptors (Lipinski definition) is 1. The molecule has 3 aromatic carbocycles. The predicted octanol–water partition coefficient (Wildman–Crippen LogP) is 8.27.